The second-order valence-electron chi connectivity index (χ2n) is 7.59. The van der Waals surface area contributed by atoms with Crippen LogP contribution in [-0.4, -0.2) is 26.6 Å². The van der Waals surface area contributed by atoms with Crippen molar-refractivity contribution in [2.45, 2.75) is 12.2 Å². The van der Waals surface area contributed by atoms with Crippen LogP contribution >= 0.6 is 11.7 Å². The van der Waals surface area contributed by atoms with E-state index in [0.29, 0.717) is 39.3 Å². The lowest BCUT2D eigenvalue weighted by Crippen LogP contribution is -2.29. The molecular weight excluding hydrogens is 428 g/mol. The fraction of sp³-hybridized carbons (Fsp3) is 0.125. The molecule has 2 aliphatic rings. The first-order valence-corrected chi connectivity index (χ1v) is 10.7. The van der Waals surface area contributed by atoms with Crippen molar-refractivity contribution in [2.24, 2.45) is 0 Å². The predicted octanol–water partition coefficient (Wildman–Crippen LogP) is 3.82. The lowest BCUT2D eigenvalue weighted by atomic mass is 9.88. The normalized spacial score (nSPS) is 19.6. The third-order valence-corrected chi connectivity index (χ3v) is 6.24. The van der Waals surface area contributed by atoms with Crippen LogP contribution in [-0.2, 0) is 21.7 Å². The van der Waals surface area contributed by atoms with Crippen LogP contribution in [0.15, 0.2) is 72.3 Å². The van der Waals surface area contributed by atoms with Crippen molar-refractivity contribution >= 4 is 34.3 Å². The van der Waals surface area contributed by atoms with E-state index in [9.17, 15) is 9.90 Å². The minimum absolute atomic E-state index is 0.171. The minimum atomic E-state index is -1.89. The number of rotatable bonds is 4. The molecule has 3 aromatic carbocycles. The first-order valence-electron chi connectivity index (χ1n) is 9.98. The lowest BCUT2D eigenvalue weighted by Gasteiger charge is -2.25. The largest absolute Gasteiger partial charge is 0.454 e. The van der Waals surface area contributed by atoms with Gasteiger partial charge in [0.1, 0.15) is 11.0 Å². The summed E-state index contributed by atoms with van der Waals surface area (Å²) in [5.41, 5.74) is 4.17. The minimum Gasteiger partial charge on any atom is -0.454 e. The van der Waals surface area contributed by atoms with E-state index in [0.717, 1.165) is 22.8 Å². The van der Waals surface area contributed by atoms with Gasteiger partial charge in [0.25, 0.3) is 5.79 Å². The third-order valence-electron chi connectivity index (χ3n) is 5.68. The summed E-state index contributed by atoms with van der Waals surface area (Å²) in [5.74, 6) is -1.18. The van der Waals surface area contributed by atoms with E-state index in [1.165, 1.54) is 0 Å². The number of aliphatic hydroxyl groups is 1. The summed E-state index contributed by atoms with van der Waals surface area (Å²) in [4.78, 5) is 13.1. The van der Waals surface area contributed by atoms with E-state index < -0.39 is 11.8 Å². The molecule has 0 fully saturated rings. The standard InChI is InChI=1S/C24H16N2O5S/c27-23-22(15-7-8-18-19(12-15)26-32-25-18)17(24(28,31-23)16-4-2-1-3-5-16)10-14-6-9-20-21(11-14)30-13-29-20/h1-9,11-12,28H,10,13H2. The van der Waals surface area contributed by atoms with E-state index in [1.54, 1.807) is 36.4 Å². The summed E-state index contributed by atoms with van der Waals surface area (Å²) >= 11 is 1.11. The summed E-state index contributed by atoms with van der Waals surface area (Å²) < 4.78 is 25.0. The summed E-state index contributed by atoms with van der Waals surface area (Å²) in [5, 5.41) is 11.7. The van der Waals surface area contributed by atoms with Crippen molar-refractivity contribution in [3.8, 4) is 11.5 Å². The van der Waals surface area contributed by atoms with Crippen LogP contribution in [0.2, 0.25) is 0 Å². The highest BCUT2D eigenvalue weighted by atomic mass is 32.1. The molecule has 32 heavy (non-hydrogen) atoms. The Morgan fingerprint density at radius 2 is 1.75 bits per heavy atom. The summed E-state index contributed by atoms with van der Waals surface area (Å²) in [6.07, 6.45) is 0.274. The molecule has 0 saturated carbocycles. The SMILES string of the molecule is O=C1OC(O)(c2ccccc2)C(Cc2ccc3c(c2)OCO3)=C1c1ccc2nsnc2c1. The monoisotopic (exact) mass is 444 g/mol. The number of carbonyl (C=O) groups excluding carboxylic acids is 1. The Morgan fingerprint density at radius 1 is 0.938 bits per heavy atom. The average Bonchev–Trinajstić information content (AvgIpc) is 3.52. The number of aromatic nitrogens is 2. The van der Waals surface area contributed by atoms with Crippen LogP contribution in [0.1, 0.15) is 16.7 Å². The Balaban J connectivity index is 1.53. The fourth-order valence-electron chi connectivity index (χ4n) is 4.13. The molecule has 0 spiro atoms. The lowest BCUT2D eigenvalue weighted by molar-refractivity contribution is -0.185. The van der Waals surface area contributed by atoms with Gasteiger partial charge in [-0.15, -0.1) is 0 Å². The van der Waals surface area contributed by atoms with Gasteiger partial charge >= 0.3 is 5.97 Å². The Bertz CT molecular complexity index is 1400. The molecular formula is C24H16N2O5S. The Labute approximate surface area is 186 Å². The summed E-state index contributed by atoms with van der Waals surface area (Å²) in [6.45, 7) is 0.171. The van der Waals surface area contributed by atoms with E-state index in [4.69, 9.17) is 14.2 Å². The van der Waals surface area contributed by atoms with Crippen molar-refractivity contribution in [3.05, 3.63) is 89.0 Å². The van der Waals surface area contributed by atoms with Crippen LogP contribution in [0.3, 0.4) is 0 Å². The van der Waals surface area contributed by atoms with Gasteiger partial charge in [0.2, 0.25) is 6.79 Å². The molecule has 1 N–H and O–H groups in total. The Hall–Kier alpha value is -3.75. The topological polar surface area (TPSA) is 90.8 Å². The van der Waals surface area contributed by atoms with Gasteiger partial charge in [-0.3, -0.25) is 0 Å². The van der Waals surface area contributed by atoms with Gasteiger partial charge in [-0.05, 0) is 35.4 Å². The number of hydrogen-bond donors (Lipinski definition) is 1. The summed E-state index contributed by atoms with van der Waals surface area (Å²) in [7, 11) is 0. The van der Waals surface area contributed by atoms with Gasteiger partial charge in [0.15, 0.2) is 11.5 Å². The van der Waals surface area contributed by atoms with Gasteiger partial charge in [0, 0.05) is 17.6 Å². The summed E-state index contributed by atoms with van der Waals surface area (Å²) in [6, 6.07) is 19.9. The predicted molar refractivity (Wildman–Crippen MR) is 117 cm³/mol. The highest BCUT2D eigenvalue weighted by Crippen LogP contribution is 2.45. The molecule has 0 radical (unpaired) electrons. The van der Waals surface area contributed by atoms with Crippen molar-refractivity contribution < 1.29 is 24.1 Å². The second-order valence-corrected chi connectivity index (χ2v) is 8.11. The van der Waals surface area contributed by atoms with Gasteiger partial charge in [0.05, 0.1) is 17.3 Å². The number of esters is 1. The molecule has 6 rings (SSSR count). The van der Waals surface area contributed by atoms with Crippen molar-refractivity contribution in [1.29, 1.82) is 0 Å². The van der Waals surface area contributed by atoms with Crippen LogP contribution in [0.5, 0.6) is 11.5 Å². The molecule has 3 heterocycles. The maximum absolute atomic E-state index is 13.1. The Kier molecular flexibility index (Phi) is 4.24. The highest BCUT2D eigenvalue weighted by molar-refractivity contribution is 7.00. The van der Waals surface area contributed by atoms with E-state index in [1.807, 2.05) is 30.3 Å². The fourth-order valence-corrected chi connectivity index (χ4v) is 4.65. The van der Waals surface area contributed by atoms with E-state index >= 15 is 0 Å². The van der Waals surface area contributed by atoms with Crippen LogP contribution in [0, 0.1) is 0 Å². The number of nitrogens with zero attached hydrogens (tertiary/aromatic N) is 2. The third kappa shape index (κ3) is 2.96. The number of cyclic esters (lactones) is 1. The van der Waals surface area contributed by atoms with Crippen molar-refractivity contribution in [1.82, 2.24) is 8.75 Å². The molecule has 1 atom stereocenters. The molecule has 8 heteroatoms. The molecule has 158 valence electrons. The molecule has 0 aliphatic carbocycles. The molecule has 0 bridgehead atoms. The zero-order valence-electron chi connectivity index (χ0n) is 16.6. The highest BCUT2D eigenvalue weighted by Gasteiger charge is 2.48. The molecule has 7 nitrogen and oxygen atoms in total. The van der Waals surface area contributed by atoms with E-state index in [2.05, 4.69) is 8.75 Å². The second kappa shape index (κ2) is 7.15. The molecule has 0 amide bonds. The first kappa shape index (κ1) is 19.0. The maximum atomic E-state index is 13.1. The van der Waals surface area contributed by atoms with E-state index in [-0.39, 0.29) is 13.2 Å². The molecule has 4 aromatic rings. The van der Waals surface area contributed by atoms with Crippen LogP contribution < -0.4 is 9.47 Å². The quantitative estimate of drug-likeness (QED) is 0.479. The molecule has 0 saturated heterocycles. The van der Waals surface area contributed by atoms with Crippen LogP contribution in [0.4, 0.5) is 0 Å². The smallest absolute Gasteiger partial charge is 0.342 e. The van der Waals surface area contributed by atoms with Gasteiger partial charge in [-0.25, -0.2) is 4.79 Å². The Morgan fingerprint density at radius 3 is 2.62 bits per heavy atom. The van der Waals surface area contributed by atoms with Crippen molar-refractivity contribution in [3.63, 3.8) is 0 Å². The number of benzene rings is 3. The molecule has 2 aliphatic heterocycles. The van der Waals surface area contributed by atoms with Gasteiger partial charge in [-0.1, -0.05) is 42.5 Å². The first-order chi connectivity index (χ1) is 15.6. The maximum Gasteiger partial charge on any atom is 0.342 e. The van der Waals surface area contributed by atoms with Gasteiger partial charge < -0.3 is 19.3 Å². The zero-order chi connectivity index (χ0) is 21.7. The zero-order valence-corrected chi connectivity index (χ0v) is 17.5. The number of hydrogen-bond acceptors (Lipinski definition) is 8. The molecule has 1 unspecified atom stereocenters. The van der Waals surface area contributed by atoms with Crippen molar-refractivity contribution in [2.75, 3.05) is 6.79 Å². The number of ether oxygens (including phenoxy) is 3. The average molecular weight is 444 g/mol. The number of carbonyl (C=O) groups is 1. The number of fused-ring (bicyclic) bond motifs is 2. The van der Waals surface area contributed by atoms with Gasteiger partial charge in [-0.2, -0.15) is 8.75 Å². The molecule has 1 aromatic heterocycles. The van der Waals surface area contributed by atoms with Crippen LogP contribution in [0.25, 0.3) is 16.6 Å².